The van der Waals surface area contributed by atoms with Gasteiger partial charge in [-0.1, -0.05) is 6.07 Å². The molecule has 1 aromatic rings. The van der Waals surface area contributed by atoms with E-state index in [4.69, 9.17) is 9.84 Å². The average Bonchev–Trinajstić information content (AvgIpc) is 2.16. The summed E-state index contributed by atoms with van der Waals surface area (Å²) >= 11 is 0. The Labute approximate surface area is 84.5 Å². The number of unbranched alkanes of at least 4 members (excludes halogenated alkanes) is 1. The number of hydrogen-bond donors (Lipinski definition) is 1. The molecule has 1 N–H and O–H groups in total. The van der Waals surface area contributed by atoms with E-state index < -0.39 is 0 Å². The van der Waals surface area contributed by atoms with Crippen LogP contribution >= 0.6 is 0 Å². The van der Waals surface area contributed by atoms with Crippen molar-refractivity contribution in [3.05, 3.63) is 29.3 Å². The Hall–Kier alpha value is -1.02. The van der Waals surface area contributed by atoms with E-state index in [0.29, 0.717) is 6.61 Å². The summed E-state index contributed by atoms with van der Waals surface area (Å²) in [5.41, 5.74) is 2.90. The van der Waals surface area contributed by atoms with Gasteiger partial charge in [-0.15, -0.1) is 0 Å². The molecular weight excluding hydrogens is 176 g/mol. The van der Waals surface area contributed by atoms with Crippen LogP contribution in [0.3, 0.4) is 0 Å². The second kappa shape index (κ2) is 4.47. The van der Waals surface area contributed by atoms with Gasteiger partial charge < -0.3 is 9.84 Å². The van der Waals surface area contributed by atoms with Gasteiger partial charge in [0, 0.05) is 6.61 Å². The Morgan fingerprint density at radius 3 is 2.64 bits per heavy atom. The maximum Gasteiger partial charge on any atom is 0.119 e. The lowest BCUT2D eigenvalue weighted by Crippen LogP contribution is -2.08. The van der Waals surface area contributed by atoms with E-state index >= 15 is 0 Å². The summed E-state index contributed by atoms with van der Waals surface area (Å²) in [6, 6.07) is 6.33. The van der Waals surface area contributed by atoms with Gasteiger partial charge in [-0.3, -0.25) is 0 Å². The summed E-state index contributed by atoms with van der Waals surface area (Å²) in [6.07, 6.45) is 4.17. The largest absolute Gasteiger partial charge is 0.494 e. The molecule has 14 heavy (non-hydrogen) atoms. The van der Waals surface area contributed by atoms with E-state index in [1.807, 2.05) is 6.07 Å². The highest BCUT2D eigenvalue weighted by molar-refractivity contribution is 5.41. The molecule has 0 atom stereocenters. The fourth-order valence-electron chi connectivity index (χ4n) is 1.67. The van der Waals surface area contributed by atoms with E-state index in [9.17, 15) is 0 Å². The van der Waals surface area contributed by atoms with Crippen molar-refractivity contribution in [1.29, 1.82) is 0 Å². The number of rotatable bonds is 5. The third kappa shape index (κ3) is 2.07. The summed E-state index contributed by atoms with van der Waals surface area (Å²) in [6.45, 7) is 0.965. The Morgan fingerprint density at radius 2 is 2.00 bits per heavy atom. The Bertz CT molecular complexity index is 307. The molecule has 0 radical (unpaired) electrons. The van der Waals surface area contributed by atoms with E-state index in [1.165, 1.54) is 24.0 Å². The van der Waals surface area contributed by atoms with E-state index in [-0.39, 0.29) is 6.61 Å². The van der Waals surface area contributed by atoms with Crippen molar-refractivity contribution < 1.29 is 9.84 Å². The van der Waals surface area contributed by atoms with Crippen LogP contribution in [0, 0.1) is 0 Å². The van der Waals surface area contributed by atoms with E-state index in [1.54, 1.807) is 0 Å². The molecule has 0 amide bonds. The van der Waals surface area contributed by atoms with Crippen LogP contribution in [0.5, 0.6) is 5.75 Å². The summed E-state index contributed by atoms with van der Waals surface area (Å²) in [5, 5.41) is 8.60. The highest BCUT2D eigenvalue weighted by atomic mass is 16.5. The van der Waals surface area contributed by atoms with Gasteiger partial charge in [0.15, 0.2) is 0 Å². The van der Waals surface area contributed by atoms with Crippen molar-refractivity contribution in [2.24, 2.45) is 0 Å². The van der Waals surface area contributed by atoms with Crippen LogP contribution < -0.4 is 4.74 Å². The number of ether oxygens (including phenoxy) is 1. The molecule has 0 aliphatic heterocycles. The fourth-order valence-corrected chi connectivity index (χ4v) is 1.67. The SMILES string of the molecule is OCCCCOc1ccc2c(c1)CC2. The molecule has 2 heteroatoms. The number of aliphatic hydroxyl groups is 1. The monoisotopic (exact) mass is 192 g/mol. The molecule has 1 aliphatic carbocycles. The van der Waals surface area contributed by atoms with Crippen LogP contribution in [0.25, 0.3) is 0 Å². The molecule has 0 spiro atoms. The van der Waals surface area contributed by atoms with Crippen molar-refractivity contribution >= 4 is 0 Å². The van der Waals surface area contributed by atoms with Crippen molar-refractivity contribution in [3.63, 3.8) is 0 Å². The van der Waals surface area contributed by atoms with Crippen LogP contribution in [0.4, 0.5) is 0 Å². The zero-order valence-corrected chi connectivity index (χ0v) is 8.33. The maximum absolute atomic E-state index is 8.60. The minimum Gasteiger partial charge on any atom is -0.494 e. The second-order valence-electron chi connectivity index (χ2n) is 3.71. The predicted molar refractivity (Wildman–Crippen MR) is 55.7 cm³/mol. The normalized spacial score (nSPS) is 13.2. The van der Waals surface area contributed by atoms with Crippen LogP contribution in [-0.4, -0.2) is 18.3 Å². The molecule has 0 aromatic heterocycles. The van der Waals surface area contributed by atoms with Gasteiger partial charge in [-0.2, -0.15) is 0 Å². The van der Waals surface area contributed by atoms with Gasteiger partial charge in [0.25, 0.3) is 0 Å². The third-order valence-corrected chi connectivity index (χ3v) is 2.66. The molecular formula is C12H16O2. The lowest BCUT2D eigenvalue weighted by molar-refractivity contribution is 0.253. The lowest BCUT2D eigenvalue weighted by Gasteiger charge is -2.19. The van der Waals surface area contributed by atoms with Gasteiger partial charge in [-0.25, -0.2) is 0 Å². The molecule has 0 saturated heterocycles. The molecule has 0 fully saturated rings. The zero-order chi connectivity index (χ0) is 9.80. The molecule has 0 heterocycles. The number of hydrogen-bond acceptors (Lipinski definition) is 2. The summed E-state index contributed by atoms with van der Waals surface area (Å²) < 4.78 is 5.57. The van der Waals surface area contributed by atoms with Gasteiger partial charge >= 0.3 is 0 Å². The minimum absolute atomic E-state index is 0.257. The molecule has 0 saturated carbocycles. The second-order valence-corrected chi connectivity index (χ2v) is 3.71. The molecule has 1 aliphatic rings. The number of aliphatic hydroxyl groups excluding tert-OH is 1. The third-order valence-electron chi connectivity index (χ3n) is 2.66. The minimum atomic E-state index is 0.257. The highest BCUT2D eigenvalue weighted by Crippen LogP contribution is 2.26. The average molecular weight is 192 g/mol. The van der Waals surface area contributed by atoms with Gasteiger partial charge in [-0.05, 0) is 48.9 Å². The van der Waals surface area contributed by atoms with Crippen LogP contribution in [0.1, 0.15) is 24.0 Å². The topological polar surface area (TPSA) is 29.5 Å². The summed E-state index contributed by atoms with van der Waals surface area (Å²) in [7, 11) is 0. The molecule has 2 rings (SSSR count). The number of benzene rings is 1. The van der Waals surface area contributed by atoms with Crippen LogP contribution in [0.15, 0.2) is 18.2 Å². The standard InChI is InChI=1S/C12H16O2/c13-7-1-2-8-14-12-6-5-10-3-4-11(10)9-12/h5-6,9,13H,1-4,7-8H2. The predicted octanol–water partition coefficient (Wildman–Crippen LogP) is 1.94. The van der Waals surface area contributed by atoms with E-state index in [0.717, 1.165) is 18.6 Å². The molecule has 0 unspecified atom stereocenters. The first kappa shape index (κ1) is 9.53. The summed E-state index contributed by atoms with van der Waals surface area (Å²) in [5.74, 6) is 0.974. The van der Waals surface area contributed by atoms with Crippen LogP contribution in [-0.2, 0) is 12.8 Å². The number of fused-ring (bicyclic) bond motifs is 1. The Morgan fingerprint density at radius 1 is 1.14 bits per heavy atom. The molecule has 0 bridgehead atoms. The molecule has 76 valence electrons. The quantitative estimate of drug-likeness (QED) is 0.722. The van der Waals surface area contributed by atoms with Crippen molar-refractivity contribution in [2.75, 3.05) is 13.2 Å². The van der Waals surface area contributed by atoms with Gasteiger partial charge in [0.05, 0.1) is 6.61 Å². The summed E-state index contributed by atoms with van der Waals surface area (Å²) in [4.78, 5) is 0. The zero-order valence-electron chi connectivity index (χ0n) is 8.33. The molecule has 2 nitrogen and oxygen atoms in total. The van der Waals surface area contributed by atoms with Crippen molar-refractivity contribution in [3.8, 4) is 5.75 Å². The molecule has 1 aromatic carbocycles. The first-order chi connectivity index (χ1) is 6.90. The van der Waals surface area contributed by atoms with Crippen molar-refractivity contribution in [2.45, 2.75) is 25.7 Å². The van der Waals surface area contributed by atoms with Gasteiger partial charge in [0.2, 0.25) is 0 Å². The van der Waals surface area contributed by atoms with Crippen molar-refractivity contribution in [1.82, 2.24) is 0 Å². The first-order valence-electron chi connectivity index (χ1n) is 5.25. The first-order valence-corrected chi connectivity index (χ1v) is 5.25. The number of aryl methyl sites for hydroxylation is 2. The smallest absolute Gasteiger partial charge is 0.119 e. The van der Waals surface area contributed by atoms with E-state index in [2.05, 4.69) is 12.1 Å². The Balaban J connectivity index is 1.81. The lowest BCUT2D eigenvalue weighted by atomic mass is 9.89. The van der Waals surface area contributed by atoms with Crippen LogP contribution in [0.2, 0.25) is 0 Å². The maximum atomic E-state index is 8.60. The highest BCUT2D eigenvalue weighted by Gasteiger charge is 2.12. The fraction of sp³-hybridized carbons (Fsp3) is 0.500. The Kier molecular flexibility index (Phi) is 3.04. The van der Waals surface area contributed by atoms with Gasteiger partial charge in [0.1, 0.15) is 5.75 Å².